The topological polar surface area (TPSA) is 63.5 Å². The number of non-ortho nitro benzene ring substituents is 1. The maximum absolute atomic E-state index is 12.6. The number of nitro groups is 1. The summed E-state index contributed by atoms with van der Waals surface area (Å²) in [6, 6.07) is 4.30. The van der Waals surface area contributed by atoms with Crippen LogP contribution in [0.3, 0.4) is 0 Å². The summed E-state index contributed by atoms with van der Waals surface area (Å²) in [5, 5.41) is 10.9. The maximum atomic E-state index is 12.6. The molecule has 0 unspecified atom stereocenters. The van der Waals surface area contributed by atoms with E-state index in [1.165, 1.54) is 12.1 Å². The Morgan fingerprint density at radius 3 is 2.29 bits per heavy atom. The maximum Gasteiger partial charge on any atom is 0.270 e. The zero-order valence-corrected chi connectivity index (χ0v) is 14.1. The largest absolute Gasteiger partial charge is 0.339 e. The molecule has 0 N–H and O–H groups in total. The zero-order valence-electron chi connectivity index (χ0n) is 12.5. The molecule has 0 radical (unpaired) electrons. The minimum atomic E-state index is -0.481. The van der Waals surface area contributed by atoms with E-state index < -0.39 is 4.92 Å². The Labute approximate surface area is 133 Å². The molecule has 5 nitrogen and oxygen atoms in total. The van der Waals surface area contributed by atoms with Gasteiger partial charge in [0, 0.05) is 29.7 Å². The highest BCUT2D eigenvalue weighted by atomic mass is 79.9. The van der Waals surface area contributed by atoms with Crippen molar-refractivity contribution >= 4 is 27.5 Å². The average molecular weight is 357 g/mol. The third kappa shape index (κ3) is 5.12. The van der Waals surface area contributed by atoms with Gasteiger partial charge in [0.25, 0.3) is 11.6 Å². The zero-order chi connectivity index (χ0) is 15.8. The molecule has 0 saturated heterocycles. The van der Waals surface area contributed by atoms with Gasteiger partial charge in [-0.3, -0.25) is 14.9 Å². The monoisotopic (exact) mass is 356 g/mol. The first kappa shape index (κ1) is 17.6. The minimum Gasteiger partial charge on any atom is -0.339 e. The molecule has 0 aromatic heterocycles. The lowest BCUT2D eigenvalue weighted by atomic mass is 10.1. The molecule has 0 spiro atoms. The Hall–Kier alpha value is -1.43. The van der Waals surface area contributed by atoms with Crippen LogP contribution in [0.2, 0.25) is 0 Å². The number of carbonyl (C=O) groups is 1. The number of benzene rings is 1. The molecule has 1 amide bonds. The molecule has 0 bridgehead atoms. The fraction of sp³-hybridized carbons (Fsp3) is 0.533. The van der Waals surface area contributed by atoms with Gasteiger partial charge in [0.2, 0.25) is 0 Å². The van der Waals surface area contributed by atoms with Crippen molar-refractivity contribution in [3.05, 3.63) is 38.3 Å². The molecular formula is C15H21BrN2O3. The Kier molecular flexibility index (Phi) is 7.36. The Morgan fingerprint density at radius 2 is 1.81 bits per heavy atom. The van der Waals surface area contributed by atoms with Crippen molar-refractivity contribution in [3.8, 4) is 0 Å². The Bertz CT molecular complexity index is 498. The molecule has 1 rings (SSSR count). The van der Waals surface area contributed by atoms with Crippen molar-refractivity contribution in [1.29, 1.82) is 0 Å². The van der Waals surface area contributed by atoms with Gasteiger partial charge in [0.05, 0.1) is 10.5 Å². The SMILES string of the molecule is CCCCN(CCCC)C(=O)c1cc([N+](=O)[O-])ccc1Br. The van der Waals surface area contributed by atoms with Crippen LogP contribution in [-0.2, 0) is 0 Å². The van der Waals surface area contributed by atoms with Crippen LogP contribution >= 0.6 is 15.9 Å². The number of hydrogen-bond acceptors (Lipinski definition) is 3. The molecule has 116 valence electrons. The summed E-state index contributed by atoms with van der Waals surface area (Å²) in [7, 11) is 0. The molecule has 0 heterocycles. The smallest absolute Gasteiger partial charge is 0.270 e. The van der Waals surface area contributed by atoms with Gasteiger partial charge in [-0.15, -0.1) is 0 Å². The molecule has 21 heavy (non-hydrogen) atoms. The highest BCUT2D eigenvalue weighted by Crippen LogP contribution is 2.24. The van der Waals surface area contributed by atoms with Crippen molar-refractivity contribution < 1.29 is 9.72 Å². The van der Waals surface area contributed by atoms with E-state index in [0.717, 1.165) is 25.7 Å². The molecule has 0 saturated carbocycles. The number of amides is 1. The molecule has 0 aliphatic carbocycles. The standard InChI is InChI=1S/C15H21BrN2O3/c1-3-5-9-17(10-6-4-2)15(19)13-11-12(18(20)21)7-8-14(13)16/h7-8,11H,3-6,9-10H2,1-2H3. The van der Waals surface area contributed by atoms with Gasteiger partial charge < -0.3 is 4.90 Å². The summed E-state index contributed by atoms with van der Waals surface area (Å²) in [4.78, 5) is 24.8. The molecule has 6 heteroatoms. The molecular weight excluding hydrogens is 336 g/mol. The number of nitro benzene ring substituents is 1. The quantitative estimate of drug-likeness (QED) is 0.512. The van der Waals surface area contributed by atoms with Crippen LogP contribution in [0.5, 0.6) is 0 Å². The summed E-state index contributed by atoms with van der Waals surface area (Å²) < 4.78 is 0.594. The van der Waals surface area contributed by atoms with E-state index in [9.17, 15) is 14.9 Å². The van der Waals surface area contributed by atoms with Crippen LogP contribution in [0.25, 0.3) is 0 Å². The second-order valence-corrected chi connectivity index (χ2v) is 5.77. The molecule has 1 aromatic rings. The molecule has 1 aromatic carbocycles. The third-order valence-corrected chi connectivity index (χ3v) is 3.93. The first-order chi connectivity index (χ1) is 10.0. The van der Waals surface area contributed by atoms with E-state index in [4.69, 9.17) is 0 Å². The first-order valence-corrected chi connectivity index (χ1v) is 8.03. The highest BCUT2D eigenvalue weighted by molar-refractivity contribution is 9.10. The lowest BCUT2D eigenvalue weighted by Gasteiger charge is -2.23. The third-order valence-electron chi connectivity index (χ3n) is 3.24. The average Bonchev–Trinajstić information content (AvgIpc) is 2.47. The van der Waals surface area contributed by atoms with E-state index >= 15 is 0 Å². The first-order valence-electron chi connectivity index (χ1n) is 7.24. The van der Waals surface area contributed by atoms with E-state index in [-0.39, 0.29) is 11.6 Å². The van der Waals surface area contributed by atoms with Crippen LogP contribution in [0.4, 0.5) is 5.69 Å². The van der Waals surface area contributed by atoms with Crippen LogP contribution in [0.1, 0.15) is 49.9 Å². The number of unbranched alkanes of at least 4 members (excludes halogenated alkanes) is 2. The summed E-state index contributed by atoms with van der Waals surface area (Å²) in [6.45, 7) is 5.52. The summed E-state index contributed by atoms with van der Waals surface area (Å²) in [5.74, 6) is -0.146. The summed E-state index contributed by atoms with van der Waals surface area (Å²) >= 11 is 3.31. The second-order valence-electron chi connectivity index (χ2n) is 4.92. The highest BCUT2D eigenvalue weighted by Gasteiger charge is 2.20. The Balaban J connectivity index is 3.00. The lowest BCUT2D eigenvalue weighted by molar-refractivity contribution is -0.384. The lowest BCUT2D eigenvalue weighted by Crippen LogP contribution is -2.33. The van der Waals surface area contributed by atoms with Gasteiger partial charge in [-0.05, 0) is 34.8 Å². The van der Waals surface area contributed by atoms with Crippen molar-refractivity contribution in [2.24, 2.45) is 0 Å². The fourth-order valence-corrected chi connectivity index (χ4v) is 2.39. The molecule has 0 fully saturated rings. The number of nitrogens with zero attached hydrogens (tertiary/aromatic N) is 2. The van der Waals surface area contributed by atoms with E-state index in [0.29, 0.717) is 23.1 Å². The van der Waals surface area contributed by atoms with Crippen LogP contribution in [0.15, 0.2) is 22.7 Å². The number of hydrogen-bond donors (Lipinski definition) is 0. The van der Waals surface area contributed by atoms with Crippen LogP contribution < -0.4 is 0 Å². The molecule has 0 atom stereocenters. The van der Waals surface area contributed by atoms with Crippen molar-refractivity contribution in [3.63, 3.8) is 0 Å². The normalized spacial score (nSPS) is 10.4. The molecule has 0 aliphatic heterocycles. The predicted molar refractivity (Wildman–Crippen MR) is 86.5 cm³/mol. The van der Waals surface area contributed by atoms with Gasteiger partial charge in [0.1, 0.15) is 0 Å². The van der Waals surface area contributed by atoms with Crippen molar-refractivity contribution in [2.75, 3.05) is 13.1 Å². The second kappa shape index (κ2) is 8.77. The van der Waals surface area contributed by atoms with Gasteiger partial charge in [-0.1, -0.05) is 26.7 Å². The number of halogens is 1. The van der Waals surface area contributed by atoms with Gasteiger partial charge >= 0.3 is 0 Å². The van der Waals surface area contributed by atoms with Gasteiger partial charge in [-0.25, -0.2) is 0 Å². The van der Waals surface area contributed by atoms with Gasteiger partial charge in [-0.2, -0.15) is 0 Å². The van der Waals surface area contributed by atoms with E-state index in [1.54, 1.807) is 11.0 Å². The fourth-order valence-electron chi connectivity index (χ4n) is 1.97. The van der Waals surface area contributed by atoms with Crippen LogP contribution in [0, 0.1) is 10.1 Å². The van der Waals surface area contributed by atoms with Crippen molar-refractivity contribution in [1.82, 2.24) is 4.90 Å². The van der Waals surface area contributed by atoms with E-state index in [2.05, 4.69) is 29.8 Å². The van der Waals surface area contributed by atoms with Crippen molar-refractivity contribution in [2.45, 2.75) is 39.5 Å². The predicted octanol–water partition coefficient (Wildman–Crippen LogP) is 4.40. The van der Waals surface area contributed by atoms with Crippen LogP contribution in [-0.4, -0.2) is 28.8 Å². The Morgan fingerprint density at radius 1 is 1.24 bits per heavy atom. The summed E-state index contributed by atoms with van der Waals surface area (Å²) in [6.07, 6.45) is 3.88. The molecule has 0 aliphatic rings. The van der Waals surface area contributed by atoms with Gasteiger partial charge in [0.15, 0.2) is 0 Å². The van der Waals surface area contributed by atoms with E-state index in [1.807, 2.05) is 0 Å². The minimum absolute atomic E-state index is 0.0625. The number of rotatable bonds is 8. The number of carbonyl (C=O) groups excluding carboxylic acids is 1. The summed E-state index contributed by atoms with van der Waals surface area (Å²) in [5.41, 5.74) is 0.295.